The summed E-state index contributed by atoms with van der Waals surface area (Å²) in [6, 6.07) is 19.7. The van der Waals surface area contributed by atoms with Crippen molar-refractivity contribution >= 4 is 5.91 Å². The van der Waals surface area contributed by atoms with Crippen LogP contribution in [0.15, 0.2) is 65.5 Å². The molecule has 0 saturated carbocycles. The van der Waals surface area contributed by atoms with Crippen molar-refractivity contribution in [2.24, 2.45) is 0 Å². The summed E-state index contributed by atoms with van der Waals surface area (Å²) >= 11 is 0. The fourth-order valence-corrected chi connectivity index (χ4v) is 4.05. The lowest BCUT2D eigenvalue weighted by atomic mass is 10.0. The van der Waals surface area contributed by atoms with Gasteiger partial charge in [-0.15, -0.1) is 0 Å². The molecule has 1 fully saturated rings. The standard InChI is InChI=1S/C25H27N3O2/c1-18-8-10-20(11-9-18)17-23(29)27-14-12-22(13-15-27)28-24(30)16-19(2)25(26-28)21-6-4-3-5-7-21/h3-11,16,22H,12-15,17H2,1-2H3. The highest BCUT2D eigenvalue weighted by molar-refractivity contribution is 5.78. The Labute approximate surface area is 177 Å². The van der Waals surface area contributed by atoms with Crippen molar-refractivity contribution in [2.45, 2.75) is 39.2 Å². The Balaban J connectivity index is 1.45. The van der Waals surface area contributed by atoms with E-state index in [1.54, 1.807) is 10.7 Å². The largest absolute Gasteiger partial charge is 0.342 e. The number of hydrogen-bond acceptors (Lipinski definition) is 3. The number of aryl methyl sites for hydroxylation is 2. The number of benzene rings is 2. The molecule has 1 aromatic heterocycles. The van der Waals surface area contributed by atoms with Crippen molar-refractivity contribution in [3.05, 3.63) is 87.7 Å². The minimum Gasteiger partial charge on any atom is -0.342 e. The van der Waals surface area contributed by atoms with Crippen LogP contribution in [0, 0.1) is 13.8 Å². The SMILES string of the molecule is Cc1ccc(CC(=O)N2CCC(n3nc(-c4ccccc4)c(C)cc3=O)CC2)cc1. The third-order valence-electron chi connectivity index (χ3n) is 5.83. The first-order valence-electron chi connectivity index (χ1n) is 10.5. The number of nitrogens with zero attached hydrogens (tertiary/aromatic N) is 3. The van der Waals surface area contributed by atoms with E-state index in [0.29, 0.717) is 19.5 Å². The van der Waals surface area contributed by atoms with Crippen molar-refractivity contribution < 1.29 is 4.79 Å². The van der Waals surface area contributed by atoms with Crippen LogP contribution >= 0.6 is 0 Å². The third kappa shape index (κ3) is 4.35. The lowest BCUT2D eigenvalue weighted by Crippen LogP contribution is -2.42. The van der Waals surface area contributed by atoms with Gasteiger partial charge in [0.05, 0.1) is 18.2 Å². The molecular formula is C25H27N3O2. The van der Waals surface area contributed by atoms with Crippen molar-refractivity contribution in [1.82, 2.24) is 14.7 Å². The molecule has 0 aliphatic carbocycles. The van der Waals surface area contributed by atoms with E-state index >= 15 is 0 Å². The van der Waals surface area contributed by atoms with Crippen LogP contribution in [0.5, 0.6) is 0 Å². The van der Waals surface area contributed by atoms with Crippen LogP contribution in [-0.4, -0.2) is 33.7 Å². The highest BCUT2D eigenvalue weighted by atomic mass is 16.2. The van der Waals surface area contributed by atoms with Gasteiger partial charge in [0.1, 0.15) is 0 Å². The van der Waals surface area contributed by atoms with E-state index in [1.165, 1.54) is 5.56 Å². The second-order valence-electron chi connectivity index (χ2n) is 8.10. The number of hydrogen-bond donors (Lipinski definition) is 0. The van der Waals surface area contributed by atoms with E-state index in [9.17, 15) is 9.59 Å². The van der Waals surface area contributed by atoms with Gasteiger partial charge in [-0.05, 0) is 37.8 Å². The van der Waals surface area contributed by atoms with Crippen LogP contribution in [0.3, 0.4) is 0 Å². The summed E-state index contributed by atoms with van der Waals surface area (Å²) in [6.45, 7) is 5.27. The first-order valence-corrected chi connectivity index (χ1v) is 10.5. The zero-order chi connectivity index (χ0) is 21.1. The molecule has 5 nitrogen and oxygen atoms in total. The van der Waals surface area contributed by atoms with E-state index in [1.807, 2.05) is 73.3 Å². The minimum atomic E-state index is -0.0726. The molecular weight excluding hydrogens is 374 g/mol. The van der Waals surface area contributed by atoms with Gasteiger partial charge in [0.25, 0.3) is 5.56 Å². The highest BCUT2D eigenvalue weighted by Crippen LogP contribution is 2.24. The summed E-state index contributed by atoms with van der Waals surface area (Å²) in [5.41, 5.74) is 4.89. The molecule has 30 heavy (non-hydrogen) atoms. The molecule has 4 rings (SSSR count). The maximum atomic E-state index is 12.7. The number of rotatable bonds is 4. The first-order chi connectivity index (χ1) is 14.5. The number of carbonyl (C=O) groups is 1. The molecule has 0 bridgehead atoms. The van der Waals surface area contributed by atoms with Crippen molar-refractivity contribution in [3.63, 3.8) is 0 Å². The average molecular weight is 402 g/mol. The number of aromatic nitrogens is 2. The number of amides is 1. The number of likely N-dealkylation sites (tertiary alicyclic amines) is 1. The average Bonchev–Trinajstić information content (AvgIpc) is 2.76. The zero-order valence-corrected chi connectivity index (χ0v) is 17.5. The maximum absolute atomic E-state index is 12.7. The third-order valence-corrected chi connectivity index (χ3v) is 5.83. The molecule has 1 amide bonds. The van der Waals surface area contributed by atoms with Gasteiger partial charge in [-0.1, -0.05) is 60.2 Å². The molecule has 0 radical (unpaired) electrons. The zero-order valence-electron chi connectivity index (χ0n) is 17.5. The summed E-state index contributed by atoms with van der Waals surface area (Å²) < 4.78 is 1.62. The van der Waals surface area contributed by atoms with Crippen LogP contribution in [0.4, 0.5) is 0 Å². The Kier molecular flexibility index (Phi) is 5.79. The number of carbonyl (C=O) groups excluding carboxylic acids is 1. The molecule has 0 unspecified atom stereocenters. The normalized spacial score (nSPS) is 14.7. The minimum absolute atomic E-state index is 0.0176. The molecule has 1 saturated heterocycles. The molecule has 154 valence electrons. The molecule has 2 heterocycles. The molecule has 5 heteroatoms. The molecule has 1 aliphatic rings. The predicted molar refractivity (Wildman–Crippen MR) is 118 cm³/mol. The van der Waals surface area contributed by atoms with Gasteiger partial charge >= 0.3 is 0 Å². The quantitative estimate of drug-likeness (QED) is 0.666. The van der Waals surface area contributed by atoms with Crippen molar-refractivity contribution in [1.29, 1.82) is 0 Å². The number of piperidine rings is 1. The lowest BCUT2D eigenvalue weighted by Gasteiger charge is -2.32. The van der Waals surface area contributed by atoms with Crippen LogP contribution in [0.1, 0.15) is 35.6 Å². The van der Waals surface area contributed by atoms with E-state index < -0.39 is 0 Å². The van der Waals surface area contributed by atoms with E-state index in [0.717, 1.165) is 35.2 Å². The first kappa shape index (κ1) is 20.1. The Morgan fingerprint density at radius 2 is 1.67 bits per heavy atom. The topological polar surface area (TPSA) is 55.2 Å². The summed E-state index contributed by atoms with van der Waals surface area (Å²) in [7, 11) is 0. The Bertz CT molecular complexity index is 1080. The molecule has 2 aromatic carbocycles. The van der Waals surface area contributed by atoms with Crippen LogP contribution in [0.2, 0.25) is 0 Å². The summed E-state index contributed by atoms with van der Waals surface area (Å²) in [6.07, 6.45) is 1.90. The van der Waals surface area contributed by atoms with Crippen molar-refractivity contribution in [2.75, 3.05) is 13.1 Å². The van der Waals surface area contributed by atoms with Gasteiger partial charge in [-0.2, -0.15) is 5.10 Å². The molecule has 1 aliphatic heterocycles. The van der Waals surface area contributed by atoms with Gasteiger partial charge in [0.15, 0.2) is 0 Å². The van der Waals surface area contributed by atoms with E-state index in [2.05, 4.69) is 0 Å². The fraction of sp³-hybridized carbons (Fsp3) is 0.320. The van der Waals surface area contributed by atoms with Gasteiger partial charge in [0.2, 0.25) is 5.91 Å². The maximum Gasteiger partial charge on any atom is 0.267 e. The van der Waals surface area contributed by atoms with Gasteiger partial charge in [-0.25, -0.2) is 4.68 Å². The predicted octanol–water partition coefficient (Wildman–Crippen LogP) is 3.93. The second kappa shape index (κ2) is 8.66. The Hall–Kier alpha value is -3.21. The van der Waals surface area contributed by atoms with Gasteiger partial charge < -0.3 is 4.90 Å². The van der Waals surface area contributed by atoms with Crippen LogP contribution in [-0.2, 0) is 11.2 Å². The Morgan fingerprint density at radius 3 is 2.33 bits per heavy atom. The van der Waals surface area contributed by atoms with Crippen LogP contribution in [0.25, 0.3) is 11.3 Å². The van der Waals surface area contributed by atoms with Crippen molar-refractivity contribution in [3.8, 4) is 11.3 Å². The summed E-state index contributed by atoms with van der Waals surface area (Å²) in [5, 5.41) is 4.71. The molecule has 0 spiro atoms. The second-order valence-corrected chi connectivity index (χ2v) is 8.10. The fourth-order valence-electron chi connectivity index (χ4n) is 4.05. The summed E-state index contributed by atoms with van der Waals surface area (Å²) in [4.78, 5) is 27.2. The van der Waals surface area contributed by atoms with E-state index in [4.69, 9.17) is 5.10 Å². The lowest BCUT2D eigenvalue weighted by molar-refractivity contribution is -0.131. The smallest absolute Gasteiger partial charge is 0.267 e. The molecule has 0 atom stereocenters. The van der Waals surface area contributed by atoms with E-state index in [-0.39, 0.29) is 17.5 Å². The molecule has 0 N–H and O–H groups in total. The Morgan fingerprint density at radius 1 is 1.00 bits per heavy atom. The van der Waals surface area contributed by atoms with Crippen LogP contribution < -0.4 is 5.56 Å². The summed E-state index contributed by atoms with van der Waals surface area (Å²) in [5.74, 6) is 0.145. The van der Waals surface area contributed by atoms with Gasteiger partial charge in [0, 0.05) is 24.7 Å². The van der Waals surface area contributed by atoms with Gasteiger partial charge in [-0.3, -0.25) is 9.59 Å². The monoisotopic (exact) mass is 401 g/mol. The molecule has 3 aromatic rings. The highest BCUT2D eigenvalue weighted by Gasteiger charge is 2.25.